The second-order valence-corrected chi connectivity index (χ2v) is 6.36. The van der Waals surface area contributed by atoms with Gasteiger partial charge in [0.15, 0.2) is 5.78 Å². The van der Waals surface area contributed by atoms with Crippen LogP contribution in [0.1, 0.15) is 22.5 Å². The maximum Gasteiger partial charge on any atom is 0.573 e. The van der Waals surface area contributed by atoms with Crippen molar-refractivity contribution >= 4 is 40.3 Å². The first-order chi connectivity index (χ1) is 11.2. The Morgan fingerprint density at radius 1 is 1.08 bits per heavy atom. The van der Waals surface area contributed by atoms with Gasteiger partial charge in [-0.2, -0.15) is 0 Å². The molecule has 1 heterocycles. The third-order valence-corrected chi connectivity index (χ3v) is 4.07. The van der Waals surface area contributed by atoms with Gasteiger partial charge in [-0.05, 0) is 36.4 Å². The molecule has 1 amide bonds. The predicted molar refractivity (Wildman–Crippen MR) is 84.6 cm³/mol. The molecular weight excluding hydrogens is 367 g/mol. The van der Waals surface area contributed by atoms with E-state index >= 15 is 0 Å². The summed E-state index contributed by atoms with van der Waals surface area (Å²) in [5.74, 6) is -1.00. The Hall–Kier alpha value is -2.06. The van der Waals surface area contributed by atoms with E-state index < -0.39 is 12.3 Å². The van der Waals surface area contributed by atoms with Gasteiger partial charge in [-0.25, -0.2) is 0 Å². The fourth-order valence-electron chi connectivity index (χ4n) is 1.78. The van der Waals surface area contributed by atoms with E-state index in [-0.39, 0.29) is 24.4 Å². The Labute approximate surface area is 144 Å². The molecule has 0 radical (unpaired) electrons. The van der Waals surface area contributed by atoms with Gasteiger partial charge in [0.05, 0.1) is 9.21 Å². The molecule has 2 aromatic rings. The number of hydrogen-bond donors (Lipinski definition) is 1. The van der Waals surface area contributed by atoms with Crippen molar-refractivity contribution in [1.82, 2.24) is 0 Å². The van der Waals surface area contributed by atoms with Crippen LogP contribution >= 0.6 is 22.9 Å². The van der Waals surface area contributed by atoms with E-state index in [1.165, 1.54) is 12.1 Å². The zero-order valence-corrected chi connectivity index (χ0v) is 13.6. The lowest BCUT2D eigenvalue weighted by Crippen LogP contribution is -2.17. The summed E-state index contributed by atoms with van der Waals surface area (Å²) in [5, 5.41) is 2.49. The molecule has 128 valence electrons. The third kappa shape index (κ3) is 5.86. The molecule has 1 aromatic carbocycles. The SMILES string of the molecule is O=C(CCC(=O)c1ccc(Cl)s1)Nc1ccc(OC(F)(F)F)cc1. The van der Waals surface area contributed by atoms with Crippen LogP contribution in [-0.4, -0.2) is 18.1 Å². The highest BCUT2D eigenvalue weighted by atomic mass is 35.5. The second-order valence-electron chi connectivity index (χ2n) is 4.65. The number of carbonyl (C=O) groups excluding carboxylic acids is 2. The summed E-state index contributed by atoms with van der Waals surface area (Å²) in [6.45, 7) is 0. The second kappa shape index (κ2) is 7.67. The highest BCUT2D eigenvalue weighted by Gasteiger charge is 2.30. The fourth-order valence-corrected chi connectivity index (χ4v) is 2.79. The lowest BCUT2D eigenvalue weighted by Gasteiger charge is -2.09. The monoisotopic (exact) mass is 377 g/mol. The molecule has 24 heavy (non-hydrogen) atoms. The van der Waals surface area contributed by atoms with E-state index in [9.17, 15) is 22.8 Å². The van der Waals surface area contributed by atoms with Crippen LogP contribution in [0.15, 0.2) is 36.4 Å². The van der Waals surface area contributed by atoms with Gasteiger partial charge in [0.2, 0.25) is 5.91 Å². The van der Waals surface area contributed by atoms with E-state index in [2.05, 4.69) is 10.1 Å². The lowest BCUT2D eigenvalue weighted by molar-refractivity contribution is -0.274. The Morgan fingerprint density at radius 3 is 2.29 bits per heavy atom. The van der Waals surface area contributed by atoms with Crippen molar-refractivity contribution in [3.63, 3.8) is 0 Å². The van der Waals surface area contributed by atoms with E-state index in [4.69, 9.17) is 11.6 Å². The Bertz CT molecular complexity index is 728. The number of halogens is 4. The number of ketones is 1. The van der Waals surface area contributed by atoms with E-state index in [0.717, 1.165) is 23.5 Å². The molecule has 1 aromatic heterocycles. The first-order valence-corrected chi connectivity index (χ1v) is 7.86. The van der Waals surface area contributed by atoms with Crippen LogP contribution in [0, 0.1) is 0 Å². The molecule has 0 unspecified atom stereocenters. The number of anilines is 1. The van der Waals surface area contributed by atoms with Gasteiger partial charge in [-0.1, -0.05) is 11.6 Å². The number of carbonyl (C=O) groups is 2. The van der Waals surface area contributed by atoms with E-state index in [1.54, 1.807) is 12.1 Å². The highest BCUT2D eigenvalue weighted by molar-refractivity contribution is 7.18. The number of amides is 1. The van der Waals surface area contributed by atoms with Crippen LogP contribution in [0.3, 0.4) is 0 Å². The van der Waals surface area contributed by atoms with Gasteiger partial charge in [0.1, 0.15) is 5.75 Å². The molecule has 0 fully saturated rings. The molecule has 2 rings (SSSR count). The van der Waals surface area contributed by atoms with Crippen LogP contribution < -0.4 is 10.1 Å². The molecule has 0 aliphatic rings. The number of hydrogen-bond acceptors (Lipinski definition) is 4. The number of benzene rings is 1. The Kier molecular flexibility index (Phi) is 5.84. The summed E-state index contributed by atoms with van der Waals surface area (Å²) in [6.07, 6.45) is -4.80. The van der Waals surface area contributed by atoms with Gasteiger partial charge in [-0.3, -0.25) is 9.59 Å². The molecule has 0 bridgehead atoms. The van der Waals surface area contributed by atoms with Crippen molar-refractivity contribution in [3.8, 4) is 5.75 Å². The van der Waals surface area contributed by atoms with E-state index in [0.29, 0.717) is 14.9 Å². The molecule has 0 aliphatic carbocycles. The van der Waals surface area contributed by atoms with Gasteiger partial charge < -0.3 is 10.1 Å². The van der Waals surface area contributed by atoms with Gasteiger partial charge in [0.25, 0.3) is 0 Å². The highest BCUT2D eigenvalue weighted by Crippen LogP contribution is 2.25. The molecule has 0 atom stereocenters. The zero-order valence-electron chi connectivity index (χ0n) is 12.0. The first-order valence-electron chi connectivity index (χ1n) is 6.67. The average Bonchev–Trinajstić information content (AvgIpc) is 2.92. The number of Topliss-reactive ketones (excluding diaryl/α,β-unsaturated/α-hetero) is 1. The Morgan fingerprint density at radius 2 is 1.75 bits per heavy atom. The summed E-state index contributed by atoms with van der Waals surface area (Å²) in [4.78, 5) is 24.1. The molecule has 0 saturated carbocycles. The maximum atomic E-state index is 12.0. The maximum absolute atomic E-state index is 12.0. The van der Waals surface area contributed by atoms with Crippen LogP contribution in [-0.2, 0) is 4.79 Å². The van der Waals surface area contributed by atoms with Crippen LogP contribution in [0.2, 0.25) is 4.34 Å². The van der Waals surface area contributed by atoms with Crippen molar-refractivity contribution in [3.05, 3.63) is 45.6 Å². The summed E-state index contributed by atoms with van der Waals surface area (Å²) < 4.78 is 40.3. The van der Waals surface area contributed by atoms with Crippen molar-refractivity contribution in [1.29, 1.82) is 0 Å². The summed E-state index contributed by atoms with van der Waals surface area (Å²) in [7, 11) is 0. The number of nitrogens with one attached hydrogen (secondary N) is 1. The molecule has 9 heteroatoms. The molecule has 0 aliphatic heterocycles. The van der Waals surface area contributed by atoms with Crippen molar-refractivity contribution in [2.24, 2.45) is 0 Å². The minimum atomic E-state index is -4.77. The molecule has 0 saturated heterocycles. The molecular formula is C15H11ClF3NO3S. The summed E-state index contributed by atoms with van der Waals surface area (Å²) in [5.41, 5.74) is 0.307. The van der Waals surface area contributed by atoms with Crippen molar-refractivity contribution in [2.45, 2.75) is 19.2 Å². The predicted octanol–water partition coefficient (Wildman–Crippen LogP) is 4.90. The normalized spacial score (nSPS) is 11.2. The molecule has 0 spiro atoms. The smallest absolute Gasteiger partial charge is 0.406 e. The van der Waals surface area contributed by atoms with Crippen LogP contribution in [0.5, 0.6) is 5.75 Å². The van der Waals surface area contributed by atoms with Crippen molar-refractivity contribution in [2.75, 3.05) is 5.32 Å². The minimum absolute atomic E-state index is 0.0118. The number of alkyl halides is 3. The Balaban J connectivity index is 1.83. The fraction of sp³-hybridized carbons (Fsp3) is 0.200. The largest absolute Gasteiger partial charge is 0.573 e. The first kappa shape index (κ1) is 18.3. The van der Waals surface area contributed by atoms with Crippen LogP contribution in [0.25, 0.3) is 0 Å². The van der Waals surface area contributed by atoms with Gasteiger partial charge >= 0.3 is 6.36 Å². The van der Waals surface area contributed by atoms with Gasteiger partial charge in [-0.15, -0.1) is 24.5 Å². The van der Waals surface area contributed by atoms with Gasteiger partial charge in [0, 0.05) is 18.5 Å². The number of rotatable bonds is 6. The van der Waals surface area contributed by atoms with Crippen LogP contribution in [0.4, 0.5) is 18.9 Å². The minimum Gasteiger partial charge on any atom is -0.406 e. The summed E-state index contributed by atoms with van der Waals surface area (Å²) >= 11 is 6.87. The summed E-state index contributed by atoms with van der Waals surface area (Å²) in [6, 6.07) is 7.92. The third-order valence-electron chi connectivity index (χ3n) is 2.80. The lowest BCUT2D eigenvalue weighted by atomic mass is 10.2. The standard InChI is InChI=1S/C15H11ClF3NO3S/c16-13-7-6-12(24-13)11(21)5-8-14(22)20-9-1-3-10(4-2-9)23-15(17,18)19/h1-4,6-7H,5,8H2,(H,20,22). The number of thiophene rings is 1. The quantitative estimate of drug-likeness (QED) is 0.728. The molecule has 4 nitrogen and oxygen atoms in total. The van der Waals surface area contributed by atoms with Crippen molar-refractivity contribution < 1.29 is 27.5 Å². The zero-order chi connectivity index (χ0) is 17.7. The average molecular weight is 378 g/mol. The topological polar surface area (TPSA) is 55.4 Å². The number of ether oxygens (including phenoxy) is 1. The van der Waals surface area contributed by atoms with E-state index in [1.807, 2.05) is 0 Å². The molecule has 1 N–H and O–H groups in total.